The highest BCUT2D eigenvalue weighted by Gasteiger charge is 2.43. The van der Waals surface area contributed by atoms with Crippen LogP contribution in [0.15, 0.2) is 36.7 Å². The maximum absolute atomic E-state index is 13.4. The molecule has 146 valence electrons. The molecule has 1 fully saturated rings. The molecule has 1 saturated heterocycles. The van der Waals surface area contributed by atoms with Gasteiger partial charge in [0.15, 0.2) is 0 Å². The van der Waals surface area contributed by atoms with Crippen LogP contribution in [-0.4, -0.2) is 35.9 Å². The number of amides is 1. The van der Waals surface area contributed by atoms with Gasteiger partial charge in [-0.15, -0.1) is 12.4 Å². The minimum atomic E-state index is -0.598. The molecule has 1 aliphatic heterocycles. The summed E-state index contributed by atoms with van der Waals surface area (Å²) in [5.41, 5.74) is 1.90. The summed E-state index contributed by atoms with van der Waals surface area (Å²) in [7, 11) is 1.69. The first-order chi connectivity index (χ1) is 12.7. The number of aromatic nitrogens is 2. The van der Waals surface area contributed by atoms with Crippen LogP contribution in [0.25, 0.3) is 0 Å². The van der Waals surface area contributed by atoms with Crippen molar-refractivity contribution in [3.63, 3.8) is 0 Å². The van der Waals surface area contributed by atoms with Crippen molar-refractivity contribution in [3.8, 4) is 5.75 Å². The molecule has 2 heterocycles. The average Bonchev–Trinajstić information content (AvgIpc) is 3.23. The van der Waals surface area contributed by atoms with Crippen LogP contribution >= 0.6 is 12.4 Å². The van der Waals surface area contributed by atoms with Crippen molar-refractivity contribution in [3.05, 3.63) is 47.8 Å². The van der Waals surface area contributed by atoms with E-state index >= 15 is 0 Å². The van der Waals surface area contributed by atoms with E-state index in [2.05, 4.69) is 27.9 Å². The molecule has 1 atom stereocenters. The Hall–Kier alpha value is -2.05. The standard InChI is InChI=1S/C20H26N4O2.ClH/c1-26-16-6-7-17-15(14-16)4-2-5-18(17)23-19(25)20(8-11-21-12-9-20)24-13-3-10-22-24;/h3,6-7,10,13-14,18,21H,2,4-5,8-9,11-12H2,1H3,(H,23,25);1H. The van der Waals surface area contributed by atoms with Crippen molar-refractivity contribution in [1.82, 2.24) is 20.4 Å². The fourth-order valence-electron chi connectivity index (χ4n) is 4.28. The molecule has 4 rings (SSSR count). The highest BCUT2D eigenvalue weighted by Crippen LogP contribution is 2.34. The van der Waals surface area contributed by atoms with Gasteiger partial charge in [-0.05, 0) is 74.5 Å². The summed E-state index contributed by atoms with van der Waals surface area (Å²) in [6.45, 7) is 1.65. The number of benzene rings is 1. The Kier molecular flexibility index (Phi) is 6.07. The maximum atomic E-state index is 13.4. The van der Waals surface area contributed by atoms with Crippen molar-refractivity contribution in [1.29, 1.82) is 0 Å². The number of ether oxygens (including phenoxy) is 1. The van der Waals surface area contributed by atoms with Crippen molar-refractivity contribution >= 4 is 18.3 Å². The molecular formula is C20H27ClN4O2. The summed E-state index contributed by atoms with van der Waals surface area (Å²) in [6.07, 6.45) is 8.24. The molecule has 0 spiro atoms. The molecule has 27 heavy (non-hydrogen) atoms. The first-order valence-corrected chi connectivity index (χ1v) is 9.41. The molecule has 1 aliphatic carbocycles. The van der Waals surface area contributed by atoms with E-state index in [9.17, 15) is 4.79 Å². The lowest BCUT2D eigenvalue weighted by Gasteiger charge is -2.38. The molecule has 2 aliphatic rings. The normalized spacial score (nSPS) is 20.9. The number of fused-ring (bicyclic) bond motifs is 1. The molecule has 1 aromatic heterocycles. The van der Waals surface area contributed by atoms with Gasteiger partial charge in [-0.3, -0.25) is 9.48 Å². The van der Waals surface area contributed by atoms with E-state index in [1.54, 1.807) is 13.3 Å². The van der Waals surface area contributed by atoms with Gasteiger partial charge in [0.2, 0.25) is 5.91 Å². The van der Waals surface area contributed by atoms with Crippen molar-refractivity contribution in [2.75, 3.05) is 20.2 Å². The summed E-state index contributed by atoms with van der Waals surface area (Å²) in [5.74, 6) is 0.957. The van der Waals surface area contributed by atoms with Gasteiger partial charge in [0.25, 0.3) is 0 Å². The van der Waals surface area contributed by atoms with Crippen LogP contribution in [0.5, 0.6) is 5.75 Å². The lowest BCUT2D eigenvalue weighted by Crippen LogP contribution is -2.55. The Morgan fingerprint density at radius 3 is 2.89 bits per heavy atom. The third kappa shape index (κ3) is 3.69. The monoisotopic (exact) mass is 390 g/mol. The smallest absolute Gasteiger partial charge is 0.248 e. The first-order valence-electron chi connectivity index (χ1n) is 9.41. The van der Waals surface area contributed by atoms with E-state index in [0.29, 0.717) is 0 Å². The summed E-state index contributed by atoms with van der Waals surface area (Å²) >= 11 is 0. The Morgan fingerprint density at radius 2 is 2.19 bits per heavy atom. The predicted octanol–water partition coefficient (Wildman–Crippen LogP) is 2.59. The zero-order valence-electron chi connectivity index (χ0n) is 15.6. The third-order valence-electron chi connectivity index (χ3n) is 5.77. The van der Waals surface area contributed by atoms with Gasteiger partial charge in [-0.2, -0.15) is 5.10 Å². The second-order valence-corrected chi connectivity index (χ2v) is 7.22. The topological polar surface area (TPSA) is 68.2 Å². The van der Waals surface area contributed by atoms with E-state index in [-0.39, 0.29) is 24.4 Å². The van der Waals surface area contributed by atoms with Crippen molar-refractivity contribution < 1.29 is 9.53 Å². The first kappa shape index (κ1) is 19.7. The van der Waals surface area contributed by atoms with Crippen LogP contribution in [0.1, 0.15) is 42.9 Å². The Morgan fingerprint density at radius 1 is 1.37 bits per heavy atom. The van der Waals surface area contributed by atoms with Crippen LogP contribution < -0.4 is 15.4 Å². The second-order valence-electron chi connectivity index (χ2n) is 7.22. The molecule has 1 amide bonds. The zero-order valence-corrected chi connectivity index (χ0v) is 16.4. The summed E-state index contributed by atoms with van der Waals surface area (Å²) < 4.78 is 7.20. The number of carbonyl (C=O) groups excluding carboxylic acids is 1. The number of nitrogens with one attached hydrogen (secondary N) is 2. The van der Waals surface area contributed by atoms with E-state index in [1.165, 1.54) is 11.1 Å². The van der Waals surface area contributed by atoms with Gasteiger partial charge < -0.3 is 15.4 Å². The number of carbonyl (C=O) groups is 1. The predicted molar refractivity (Wildman–Crippen MR) is 106 cm³/mol. The number of methoxy groups -OCH3 is 1. The van der Waals surface area contributed by atoms with Crippen LogP contribution in [0.3, 0.4) is 0 Å². The number of nitrogens with zero attached hydrogens (tertiary/aromatic N) is 2. The number of piperidine rings is 1. The third-order valence-corrected chi connectivity index (χ3v) is 5.77. The zero-order chi connectivity index (χ0) is 18.0. The maximum Gasteiger partial charge on any atom is 0.248 e. The van der Waals surface area contributed by atoms with Crippen LogP contribution in [0.2, 0.25) is 0 Å². The molecule has 1 unspecified atom stereocenters. The van der Waals surface area contributed by atoms with Gasteiger partial charge in [0, 0.05) is 12.4 Å². The second kappa shape index (κ2) is 8.31. The molecule has 0 bridgehead atoms. The van der Waals surface area contributed by atoms with Crippen molar-refractivity contribution in [2.45, 2.75) is 43.7 Å². The quantitative estimate of drug-likeness (QED) is 0.842. The Labute approximate surface area is 166 Å². The highest BCUT2D eigenvalue weighted by molar-refractivity contribution is 5.85. The number of aryl methyl sites for hydroxylation is 1. The minimum absolute atomic E-state index is 0. The summed E-state index contributed by atoms with van der Waals surface area (Å²) in [4.78, 5) is 13.4. The van der Waals surface area contributed by atoms with Crippen LogP contribution in [0.4, 0.5) is 0 Å². The Bertz CT molecular complexity index is 772. The SMILES string of the molecule is COc1ccc2c(c1)CCCC2NC(=O)C1(n2cccn2)CCNCC1.Cl. The molecule has 6 nitrogen and oxygen atoms in total. The van der Waals surface area contributed by atoms with Crippen LogP contribution in [0, 0.1) is 0 Å². The molecule has 2 aromatic rings. The van der Waals surface area contributed by atoms with Gasteiger partial charge in [0.05, 0.1) is 13.2 Å². The molecule has 0 radical (unpaired) electrons. The van der Waals surface area contributed by atoms with E-state index in [0.717, 1.165) is 50.9 Å². The minimum Gasteiger partial charge on any atom is -0.497 e. The lowest BCUT2D eigenvalue weighted by atomic mass is 9.84. The highest BCUT2D eigenvalue weighted by atomic mass is 35.5. The fourth-order valence-corrected chi connectivity index (χ4v) is 4.28. The lowest BCUT2D eigenvalue weighted by molar-refractivity contribution is -0.133. The van der Waals surface area contributed by atoms with E-state index in [4.69, 9.17) is 4.74 Å². The van der Waals surface area contributed by atoms with Gasteiger partial charge in [0.1, 0.15) is 11.3 Å². The van der Waals surface area contributed by atoms with E-state index < -0.39 is 5.54 Å². The fraction of sp³-hybridized carbons (Fsp3) is 0.500. The largest absolute Gasteiger partial charge is 0.497 e. The van der Waals surface area contributed by atoms with Crippen molar-refractivity contribution in [2.24, 2.45) is 0 Å². The molecule has 1 aromatic carbocycles. The van der Waals surface area contributed by atoms with Gasteiger partial charge >= 0.3 is 0 Å². The number of hydrogen-bond acceptors (Lipinski definition) is 4. The number of halogens is 1. The van der Waals surface area contributed by atoms with Gasteiger partial charge in [-0.1, -0.05) is 6.07 Å². The Balaban J connectivity index is 0.00000210. The number of hydrogen-bond donors (Lipinski definition) is 2. The summed E-state index contributed by atoms with van der Waals surface area (Å²) in [6, 6.07) is 8.12. The average molecular weight is 391 g/mol. The van der Waals surface area contributed by atoms with Crippen LogP contribution in [-0.2, 0) is 16.8 Å². The molecule has 0 saturated carbocycles. The van der Waals surface area contributed by atoms with Gasteiger partial charge in [-0.25, -0.2) is 0 Å². The van der Waals surface area contributed by atoms with E-state index in [1.807, 2.05) is 23.0 Å². The summed E-state index contributed by atoms with van der Waals surface area (Å²) in [5, 5.41) is 11.1. The molecule has 2 N–H and O–H groups in total. The molecule has 7 heteroatoms. The number of rotatable bonds is 4. The molecular weight excluding hydrogens is 364 g/mol.